The van der Waals surface area contributed by atoms with Crippen LogP contribution in [-0.2, 0) is 26.4 Å². The topological polar surface area (TPSA) is 34.1 Å². The van der Waals surface area contributed by atoms with Crippen LogP contribution in [0, 0.1) is 6.42 Å². The van der Waals surface area contributed by atoms with Gasteiger partial charge in [0.15, 0.2) is 0 Å². The van der Waals surface area contributed by atoms with Crippen LogP contribution in [-0.4, -0.2) is 23.9 Å². The first-order valence-corrected chi connectivity index (χ1v) is 15.2. The number of hydrogen-bond acceptors (Lipinski definition) is 2. The fourth-order valence-corrected chi connectivity index (χ4v) is 10.2. The average Bonchev–Trinajstić information content (AvgIpc) is 2.88. The molecular weight excluding hydrogens is 525 g/mol. The average molecular weight is 558 g/mol. The van der Waals surface area contributed by atoms with Gasteiger partial charge in [0.2, 0.25) is 0 Å². The van der Waals surface area contributed by atoms with Gasteiger partial charge in [0, 0.05) is 11.6 Å². The number of carbonyl (C=O) groups is 2. The second-order valence-electron chi connectivity index (χ2n) is 8.29. The third-order valence-corrected chi connectivity index (χ3v) is 11.6. The van der Waals surface area contributed by atoms with Crippen LogP contribution in [0.1, 0.15) is 13.8 Å². The fourth-order valence-electron chi connectivity index (χ4n) is 4.00. The summed E-state index contributed by atoms with van der Waals surface area (Å²) >= 11 is 0. The predicted molar refractivity (Wildman–Crippen MR) is 156 cm³/mol. The molecule has 0 amide bonds. The number of benzene rings is 4. The Bertz CT molecular complexity index is 996. The van der Waals surface area contributed by atoms with Crippen LogP contribution in [0.25, 0.3) is 0 Å². The molecule has 4 aromatic rings. The third-order valence-electron chi connectivity index (χ3n) is 5.52. The number of Topliss-reactive ketones (excluding diaryl/α,β-unsaturated/α-hetero) is 2. The van der Waals surface area contributed by atoms with E-state index in [-0.39, 0.29) is 28.3 Å². The first-order chi connectivity index (χ1) is 17.0. The minimum Gasteiger partial charge on any atom is -0.334 e. The van der Waals surface area contributed by atoms with E-state index >= 15 is 0 Å². The quantitative estimate of drug-likeness (QED) is 0.163. The Hall–Kier alpha value is -2.54. The molecule has 0 aliphatic heterocycles. The summed E-state index contributed by atoms with van der Waals surface area (Å²) in [7, 11) is -1.57. The third kappa shape index (κ3) is 9.84. The van der Waals surface area contributed by atoms with Crippen molar-refractivity contribution in [3.8, 4) is 0 Å². The van der Waals surface area contributed by atoms with Crippen LogP contribution in [0.2, 0.25) is 0 Å². The van der Waals surface area contributed by atoms with Crippen molar-refractivity contribution in [2.75, 3.05) is 12.3 Å². The van der Waals surface area contributed by atoms with E-state index in [1.54, 1.807) is 0 Å². The minimum atomic E-state index is -0.783. The van der Waals surface area contributed by atoms with E-state index in [0.717, 1.165) is 6.42 Å². The number of ketones is 2. The van der Waals surface area contributed by atoms with Gasteiger partial charge in [0.1, 0.15) is 12.3 Å². The molecule has 0 fully saturated rings. The first-order valence-electron chi connectivity index (χ1n) is 11.8. The van der Waals surface area contributed by atoms with E-state index in [1.165, 1.54) is 47.4 Å². The molecule has 0 saturated heterocycles. The molecule has 0 spiro atoms. The molecule has 0 bridgehead atoms. The van der Waals surface area contributed by atoms with Crippen LogP contribution >= 0.6 is 15.8 Å². The fraction of sp³-hybridized carbons (Fsp3) is 0.129. The molecule has 4 aromatic carbocycles. The van der Waals surface area contributed by atoms with E-state index in [0.29, 0.717) is 0 Å². The van der Waals surface area contributed by atoms with Crippen LogP contribution in [0.3, 0.4) is 0 Å². The molecule has 0 aliphatic rings. The van der Waals surface area contributed by atoms with Gasteiger partial charge in [0.25, 0.3) is 0 Å². The summed E-state index contributed by atoms with van der Waals surface area (Å²) in [5.41, 5.74) is 0. The van der Waals surface area contributed by atoms with Crippen LogP contribution in [0.15, 0.2) is 121 Å². The van der Waals surface area contributed by atoms with Gasteiger partial charge < -0.3 is 9.59 Å². The Kier molecular flexibility index (Phi) is 13.4. The van der Waals surface area contributed by atoms with Gasteiger partial charge in [-0.2, -0.15) is 0 Å². The van der Waals surface area contributed by atoms with E-state index in [1.807, 2.05) is 0 Å². The van der Waals surface area contributed by atoms with Crippen molar-refractivity contribution in [3.63, 3.8) is 0 Å². The summed E-state index contributed by atoms with van der Waals surface area (Å²) in [6.45, 7) is 2.70. The molecule has 4 rings (SSSR count). The first kappa shape index (κ1) is 29.7. The van der Waals surface area contributed by atoms with Gasteiger partial charge in [-0.1, -0.05) is 72.8 Å². The second-order valence-corrected chi connectivity index (χ2v) is 13.5. The van der Waals surface area contributed by atoms with Gasteiger partial charge in [-0.05, 0) is 62.4 Å². The molecule has 0 heterocycles. The minimum absolute atomic E-state index is 0. The molecular formula is C31H33CoO2P2+3. The summed E-state index contributed by atoms with van der Waals surface area (Å²) in [5, 5.41) is 6.06. The van der Waals surface area contributed by atoms with Gasteiger partial charge in [-0.25, -0.2) is 0 Å². The molecule has 0 saturated carbocycles. The van der Waals surface area contributed by atoms with Crippen LogP contribution in [0.5, 0.6) is 0 Å². The van der Waals surface area contributed by atoms with Crippen molar-refractivity contribution < 1.29 is 26.4 Å². The maximum atomic E-state index is 9.98. The Morgan fingerprint density at radius 2 is 0.722 bits per heavy atom. The Labute approximate surface area is 228 Å². The van der Waals surface area contributed by atoms with Crippen molar-refractivity contribution in [1.82, 2.24) is 0 Å². The van der Waals surface area contributed by atoms with Crippen LogP contribution in [0.4, 0.5) is 0 Å². The summed E-state index contributed by atoms with van der Waals surface area (Å²) in [6, 6.07) is 44.5. The van der Waals surface area contributed by atoms with Gasteiger partial charge in [-0.3, -0.25) is 6.42 Å². The van der Waals surface area contributed by atoms with Crippen molar-refractivity contribution in [3.05, 3.63) is 128 Å². The van der Waals surface area contributed by atoms with E-state index < -0.39 is 15.8 Å². The standard InChI is InChI=1S/C26H24P2.C5H7O2.Co/c1-5-13-23(14-6-1)27(24-15-7-2-8-16-24)21-22-28(25-17-9-3-10-18-25)26-19-11-4-12-20-26;1-4(6)3-5(2)7;/h1-20H,21-22H2;3H,1-2H3;/q;-1;+2/p+2. The SMILES string of the molecule is CC(=O)[CH-]C(C)=O.[Co+2].c1ccc([PH+](CC[PH+](c2ccccc2)c2ccccc2)c2ccccc2)cc1. The zero-order valence-electron chi connectivity index (χ0n) is 20.7. The maximum Gasteiger partial charge on any atom is 2.00 e. The normalized spacial score (nSPS) is 10.1. The molecule has 1 radical (unpaired) electrons. The van der Waals surface area contributed by atoms with Crippen molar-refractivity contribution in [2.24, 2.45) is 0 Å². The maximum absolute atomic E-state index is 9.98. The van der Waals surface area contributed by atoms with Crippen molar-refractivity contribution in [1.29, 1.82) is 0 Å². The molecule has 5 heteroatoms. The molecule has 36 heavy (non-hydrogen) atoms. The molecule has 0 aromatic heterocycles. The molecule has 2 nitrogen and oxygen atoms in total. The molecule has 0 aliphatic carbocycles. The number of carbonyl (C=O) groups excluding carboxylic acids is 2. The predicted octanol–water partition coefficient (Wildman–Crippen LogP) is 5.08. The monoisotopic (exact) mass is 558 g/mol. The zero-order valence-corrected chi connectivity index (χ0v) is 23.7. The Morgan fingerprint density at radius 3 is 0.889 bits per heavy atom. The summed E-state index contributed by atoms with van der Waals surface area (Å²) < 4.78 is 0. The summed E-state index contributed by atoms with van der Waals surface area (Å²) in [4.78, 5) is 20.0. The molecule has 185 valence electrons. The smallest absolute Gasteiger partial charge is 0.334 e. The Balaban J connectivity index is 0.000000503. The largest absolute Gasteiger partial charge is 2.00 e. The van der Waals surface area contributed by atoms with E-state index in [2.05, 4.69) is 121 Å². The molecule has 0 atom stereocenters. The van der Waals surface area contributed by atoms with Gasteiger partial charge >= 0.3 is 16.8 Å². The summed E-state index contributed by atoms with van der Waals surface area (Å²) in [6.07, 6.45) is 3.58. The molecule has 0 unspecified atom stereocenters. The summed E-state index contributed by atoms with van der Waals surface area (Å²) in [5.74, 6) is -0.375. The number of rotatable bonds is 9. The van der Waals surface area contributed by atoms with E-state index in [4.69, 9.17) is 0 Å². The van der Waals surface area contributed by atoms with E-state index in [9.17, 15) is 9.59 Å². The molecule has 0 N–H and O–H groups in total. The van der Waals surface area contributed by atoms with Crippen molar-refractivity contribution in [2.45, 2.75) is 13.8 Å². The van der Waals surface area contributed by atoms with Crippen LogP contribution < -0.4 is 21.2 Å². The number of hydrogen-bond donors (Lipinski definition) is 0. The van der Waals surface area contributed by atoms with Gasteiger partial charge in [0.05, 0.1) is 37.1 Å². The van der Waals surface area contributed by atoms with Gasteiger partial charge in [-0.15, -0.1) is 0 Å². The van der Waals surface area contributed by atoms with Crippen molar-refractivity contribution >= 4 is 48.6 Å². The zero-order chi connectivity index (χ0) is 24.9. The second kappa shape index (κ2) is 16.2. The Morgan fingerprint density at radius 1 is 0.500 bits per heavy atom.